The van der Waals surface area contributed by atoms with Crippen molar-refractivity contribution in [3.8, 4) is 0 Å². The minimum absolute atomic E-state index is 0.115. The molecule has 0 aliphatic heterocycles. The van der Waals surface area contributed by atoms with Gasteiger partial charge >= 0.3 is 5.97 Å². The summed E-state index contributed by atoms with van der Waals surface area (Å²) in [5, 5.41) is 12.2. The number of carbonyl (C=O) groups excluding carboxylic acids is 1. The van der Waals surface area contributed by atoms with E-state index >= 15 is 0 Å². The summed E-state index contributed by atoms with van der Waals surface area (Å²) < 4.78 is 0. The number of hydrogen-bond acceptors (Lipinski definition) is 2. The van der Waals surface area contributed by atoms with Gasteiger partial charge in [-0.1, -0.05) is 19.1 Å². The van der Waals surface area contributed by atoms with E-state index in [1.54, 1.807) is 26.0 Å². The third kappa shape index (κ3) is 2.69. The minimum atomic E-state index is -1.05. The van der Waals surface area contributed by atoms with Crippen molar-refractivity contribution in [2.45, 2.75) is 40.0 Å². The van der Waals surface area contributed by atoms with Gasteiger partial charge in [0.25, 0.3) is 5.91 Å². The van der Waals surface area contributed by atoms with Crippen molar-refractivity contribution in [3.63, 3.8) is 0 Å². The first-order valence-electron chi connectivity index (χ1n) is 7.02. The second-order valence-corrected chi connectivity index (χ2v) is 5.79. The van der Waals surface area contributed by atoms with E-state index in [9.17, 15) is 14.7 Å². The monoisotopic (exact) mass is 275 g/mol. The number of aromatic carboxylic acids is 1. The Morgan fingerprint density at radius 2 is 1.75 bits per heavy atom. The van der Waals surface area contributed by atoms with Crippen LogP contribution >= 0.6 is 0 Å². The zero-order valence-electron chi connectivity index (χ0n) is 12.2. The van der Waals surface area contributed by atoms with Crippen molar-refractivity contribution >= 4 is 11.9 Å². The summed E-state index contributed by atoms with van der Waals surface area (Å²) in [6, 6.07) is 3.54. The lowest BCUT2D eigenvalue weighted by atomic mass is 9.96. The van der Waals surface area contributed by atoms with Crippen LogP contribution in [0.2, 0.25) is 0 Å². The quantitative estimate of drug-likeness (QED) is 0.868. The normalized spacial score (nSPS) is 15.8. The second kappa shape index (κ2) is 5.27. The number of carboxylic acid groups (broad SMARTS) is 1. The molecule has 0 atom stereocenters. The molecule has 0 aromatic heterocycles. The maximum atomic E-state index is 12.4. The number of hydrogen-bond donors (Lipinski definition) is 2. The molecule has 0 spiro atoms. The number of carboxylic acids is 1. The molecule has 1 fully saturated rings. The summed E-state index contributed by atoms with van der Waals surface area (Å²) in [4.78, 5) is 23.7. The van der Waals surface area contributed by atoms with E-state index in [-0.39, 0.29) is 16.9 Å². The molecule has 4 heteroatoms. The van der Waals surface area contributed by atoms with Gasteiger partial charge in [0.05, 0.1) is 11.1 Å². The van der Waals surface area contributed by atoms with Gasteiger partial charge < -0.3 is 10.4 Å². The summed E-state index contributed by atoms with van der Waals surface area (Å²) in [7, 11) is 0. The molecule has 0 bridgehead atoms. The number of rotatable bonds is 5. The van der Waals surface area contributed by atoms with Crippen LogP contribution in [0.15, 0.2) is 12.1 Å². The van der Waals surface area contributed by atoms with Crippen molar-refractivity contribution in [2.75, 3.05) is 6.54 Å². The number of nitrogens with one attached hydrogen (secondary N) is 1. The fourth-order valence-corrected chi connectivity index (χ4v) is 2.57. The Morgan fingerprint density at radius 1 is 1.20 bits per heavy atom. The van der Waals surface area contributed by atoms with Crippen LogP contribution in [0.25, 0.3) is 0 Å². The predicted molar refractivity (Wildman–Crippen MR) is 77.2 cm³/mol. The highest BCUT2D eigenvalue weighted by molar-refractivity contribution is 6.06. The van der Waals surface area contributed by atoms with Gasteiger partial charge in [0, 0.05) is 6.54 Å². The van der Waals surface area contributed by atoms with Crippen molar-refractivity contribution in [1.29, 1.82) is 0 Å². The van der Waals surface area contributed by atoms with Gasteiger partial charge in [0.2, 0.25) is 0 Å². The summed E-state index contributed by atoms with van der Waals surface area (Å²) in [6.45, 7) is 6.25. The van der Waals surface area contributed by atoms with Gasteiger partial charge in [-0.3, -0.25) is 4.79 Å². The number of aryl methyl sites for hydroxylation is 2. The highest BCUT2D eigenvalue weighted by Crippen LogP contribution is 2.47. The molecule has 0 saturated heterocycles. The number of benzene rings is 1. The Labute approximate surface area is 119 Å². The molecular formula is C16H21NO3. The van der Waals surface area contributed by atoms with Gasteiger partial charge in [-0.25, -0.2) is 4.79 Å². The second-order valence-electron chi connectivity index (χ2n) is 5.79. The van der Waals surface area contributed by atoms with E-state index in [1.165, 1.54) is 0 Å². The lowest BCUT2D eigenvalue weighted by Gasteiger charge is -2.16. The predicted octanol–water partition coefficient (Wildman–Crippen LogP) is 2.92. The molecule has 1 aliphatic rings. The molecule has 1 amide bonds. The molecule has 0 unspecified atom stereocenters. The van der Waals surface area contributed by atoms with Gasteiger partial charge in [0.15, 0.2) is 0 Å². The Morgan fingerprint density at radius 3 is 2.20 bits per heavy atom. The first-order valence-corrected chi connectivity index (χ1v) is 7.02. The summed E-state index contributed by atoms with van der Waals surface area (Å²) in [5.41, 5.74) is 1.97. The van der Waals surface area contributed by atoms with Crippen molar-refractivity contribution in [2.24, 2.45) is 5.41 Å². The molecule has 2 rings (SSSR count). The zero-order valence-corrected chi connectivity index (χ0v) is 12.2. The highest BCUT2D eigenvalue weighted by atomic mass is 16.4. The number of amides is 1. The van der Waals surface area contributed by atoms with Crippen molar-refractivity contribution < 1.29 is 14.7 Å². The van der Waals surface area contributed by atoms with Crippen molar-refractivity contribution in [3.05, 3.63) is 34.4 Å². The zero-order chi connectivity index (χ0) is 14.9. The molecule has 0 radical (unpaired) electrons. The lowest BCUT2D eigenvalue weighted by molar-refractivity contribution is 0.0689. The third-order valence-electron chi connectivity index (χ3n) is 4.39. The Kier molecular flexibility index (Phi) is 3.84. The van der Waals surface area contributed by atoms with E-state index in [4.69, 9.17) is 0 Å². The molecule has 1 aliphatic carbocycles. The average Bonchev–Trinajstić information content (AvgIpc) is 3.18. The van der Waals surface area contributed by atoms with Crippen LogP contribution in [0.4, 0.5) is 0 Å². The molecule has 1 aromatic rings. The Hall–Kier alpha value is -1.84. The van der Waals surface area contributed by atoms with Gasteiger partial charge in [-0.05, 0) is 49.7 Å². The van der Waals surface area contributed by atoms with Crippen LogP contribution in [-0.2, 0) is 0 Å². The van der Waals surface area contributed by atoms with E-state index in [1.807, 2.05) is 0 Å². The summed E-state index contributed by atoms with van der Waals surface area (Å²) in [6.07, 6.45) is 3.33. The standard InChI is InChI=1S/C16H21NO3/c1-4-16(7-8-16)9-17-14(18)12-10(2)5-6-11(3)13(12)15(19)20/h5-6H,4,7-9H2,1-3H3,(H,17,18)(H,19,20). The van der Waals surface area contributed by atoms with Crippen LogP contribution in [0.3, 0.4) is 0 Å². The molecule has 4 nitrogen and oxygen atoms in total. The maximum absolute atomic E-state index is 12.4. The molecule has 2 N–H and O–H groups in total. The van der Waals surface area contributed by atoms with Gasteiger partial charge in [-0.2, -0.15) is 0 Å². The summed E-state index contributed by atoms with van der Waals surface area (Å²) >= 11 is 0. The average molecular weight is 275 g/mol. The van der Waals surface area contributed by atoms with E-state index < -0.39 is 5.97 Å². The van der Waals surface area contributed by atoms with Gasteiger partial charge in [0.1, 0.15) is 0 Å². The first kappa shape index (κ1) is 14.6. The van der Waals surface area contributed by atoms with Crippen LogP contribution in [0.1, 0.15) is 58.0 Å². The molecule has 0 heterocycles. The highest BCUT2D eigenvalue weighted by Gasteiger charge is 2.40. The van der Waals surface area contributed by atoms with E-state index in [0.29, 0.717) is 23.2 Å². The van der Waals surface area contributed by atoms with E-state index in [0.717, 1.165) is 19.3 Å². The largest absolute Gasteiger partial charge is 0.478 e. The Balaban J connectivity index is 2.25. The topological polar surface area (TPSA) is 66.4 Å². The smallest absolute Gasteiger partial charge is 0.336 e. The SMILES string of the molecule is CCC1(CNC(=O)c2c(C)ccc(C)c2C(=O)O)CC1. The van der Waals surface area contributed by atoms with Gasteiger partial charge in [-0.15, -0.1) is 0 Å². The molecule has 1 saturated carbocycles. The fraction of sp³-hybridized carbons (Fsp3) is 0.500. The first-order chi connectivity index (χ1) is 9.40. The van der Waals surface area contributed by atoms with Crippen LogP contribution in [0, 0.1) is 19.3 Å². The maximum Gasteiger partial charge on any atom is 0.336 e. The van der Waals surface area contributed by atoms with Crippen LogP contribution in [-0.4, -0.2) is 23.5 Å². The van der Waals surface area contributed by atoms with Crippen LogP contribution in [0.5, 0.6) is 0 Å². The Bertz CT molecular complexity index is 559. The third-order valence-corrected chi connectivity index (χ3v) is 4.39. The van der Waals surface area contributed by atoms with E-state index in [2.05, 4.69) is 12.2 Å². The molecule has 20 heavy (non-hydrogen) atoms. The summed E-state index contributed by atoms with van der Waals surface area (Å²) in [5.74, 6) is -1.32. The molecule has 1 aromatic carbocycles. The number of carbonyl (C=O) groups is 2. The minimum Gasteiger partial charge on any atom is -0.478 e. The molecular weight excluding hydrogens is 254 g/mol. The lowest BCUT2D eigenvalue weighted by Crippen LogP contribution is -2.32. The van der Waals surface area contributed by atoms with Crippen molar-refractivity contribution in [1.82, 2.24) is 5.32 Å². The van der Waals surface area contributed by atoms with Crippen LogP contribution < -0.4 is 5.32 Å². The molecule has 108 valence electrons. The fourth-order valence-electron chi connectivity index (χ4n) is 2.57.